The molecule has 0 spiro atoms. The number of methoxy groups -OCH3 is 2. The number of esters is 2. The Hall–Kier alpha value is -2.04. The van der Waals surface area contributed by atoms with Gasteiger partial charge in [0.1, 0.15) is 11.8 Å². The first-order valence-corrected chi connectivity index (χ1v) is 6.64. The van der Waals surface area contributed by atoms with E-state index in [1.165, 1.54) is 19.2 Å². The summed E-state index contributed by atoms with van der Waals surface area (Å²) in [5.74, 6) is -1.56. The Kier molecular flexibility index (Phi) is 6.21. The minimum absolute atomic E-state index is 0.183. The van der Waals surface area contributed by atoms with Gasteiger partial charge in [-0.1, -0.05) is 27.5 Å². The van der Waals surface area contributed by atoms with E-state index in [2.05, 4.69) is 30.7 Å². The SMILES string of the molecule is COC(=O)/C=C(/Nc1c(Cl)cc(Br)cc1C#N)C(=O)OC. The maximum atomic E-state index is 11.6. The van der Waals surface area contributed by atoms with E-state index in [1.54, 1.807) is 0 Å². The number of carbonyl (C=O) groups excluding carboxylic acids is 2. The number of benzene rings is 1. The third kappa shape index (κ3) is 4.48. The summed E-state index contributed by atoms with van der Waals surface area (Å²) >= 11 is 9.24. The van der Waals surface area contributed by atoms with E-state index in [0.717, 1.165) is 13.2 Å². The molecule has 110 valence electrons. The molecule has 0 aliphatic heterocycles. The maximum Gasteiger partial charge on any atom is 0.354 e. The van der Waals surface area contributed by atoms with Crippen molar-refractivity contribution in [3.63, 3.8) is 0 Å². The molecule has 0 bridgehead atoms. The number of hydrogen-bond acceptors (Lipinski definition) is 6. The number of ether oxygens (including phenoxy) is 2. The van der Waals surface area contributed by atoms with Crippen LogP contribution in [0.15, 0.2) is 28.4 Å². The van der Waals surface area contributed by atoms with Gasteiger partial charge in [0.15, 0.2) is 0 Å². The molecular weight excluding hydrogens is 364 g/mol. The smallest absolute Gasteiger partial charge is 0.354 e. The molecule has 1 N–H and O–H groups in total. The maximum absolute atomic E-state index is 11.6. The lowest BCUT2D eigenvalue weighted by molar-refractivity contribution is -0.138. The number of rotatable bonds is 4. The predicted octanol–water partition coefficient (Wildman–Crippen LogP) is 2.62. The van der Waals surface area contributed by atoms with Crippen molar-refractivity contribution in [1.82, 2.24) is 0 Å². The second-order valence-electron chi connectivity index (χ2n) is 3.62. The molecular formula is C13H10BrClN2O4. The Morgan fingerprint density at radius 3 is 2.57 bits per heavy atom. The highest BCUT2D eigenvalue weighted by molar-refractivity contribution is 9.10. The van der Waals surface area contributed by atoms with E-state index >= 15 is 0 Å². The van der Waals surface area contributed by atoms with Gasteiger partial charge in [-0.05, 0) is 12.1 Å². The quantitative estimate of drug-likeness (QED) is 0.645. The molecule has 0 heterocycles. The fourth-order valence-corrected chi connectivity index (χ4v) is 2.21. The Bertz CT molecular complexity index is 652. The van der Waals surface area contributed by atoms with Crippen molar-refractivity contribution in [2.24, 2.45) is 0 Å². The number of halogens is 2. The van der Waals surface area contributed by atoms with Gasteiger partial charge in [0.25, 0.3) is 0 Å². The monoisotopic (exact) mass is 372 g/mol. The third-order valence-corrected chi connectivity index (χ3v) is 3.06. The summed E-state index contributed by atoms with van der Waals surface area (Å²) in [4.78, 5) is 22.9. The Labute approximate surface area is 134 Å². The second-order valence-corrected chi connectivity index (χ2v) is 4.94. The molecule has 0 fully saturated rings. The highest BCUT2D eigenvalue weighted by Gasteiger charge is 2.17. The zero-order valence-electron chi connectivity index (χ0n) is 11.1. The van der Waals surface area contributed by atoms with Crippen LogP contribution in [0.25, 0.3) is 0 Å². The Morgan fingerprint density at radius 1 is 1.38 bits per heavy atom. The molecule has 0 atom stereocenters. The molecule has 0 saturated carbocycles. The fraction of sp³-hybridized carbons (Fsp3) is 0.154. The lowest BCUT2D eigenvalue weighted by Crippen LogP contribution is -2.16. The van der Waals surface area contributed by atoms with Crippen molar-refractivity contribution < 1.29 is 19.1 Å². The van der Waals surface area contributed by atoms with Gasteiger partial charge in [-0.25, -0.2) is 9.59 Å². The molecule has 1 aromatic rings. The van der Waals surface area contributed by atoms with Gasteiger partial charge >= 0.3 is 11.9 Å². The predicted molar refractivity (Wildman–Crippen MR) is 79.6 cm³/mol. The van der Waals surface area contributed by atoms with E-state index < -0.39 is 11.9 Å². The number of nitrogens with one attached hydrogen (secondary N) is 1. The van der Waals surface area contributed by atoms with Gasteiger partial charge in [0, 0.05) is 4.47 Å². The van der Waals surface area contributed by atoms with Crippen LogP contribution in [-0.2, 0) is 19.1 Å². The molecule has 0 aliphatic rings. The van der Waals surface area contributed by atoms with Crippen LogP contribution in [0.3, 0.4) is 0 Å². The molecule has 0 unspecified atom stereocenters. The van der Waals surface area contributed by atoms with Crippen LogP contribution in [0.1, 0.15) is 5.56 Å². The average molecular weight is 374 g/mol. The van der Waals surface area contributed by atoms with Crippen LogP contribution in [0.4, 0.5) is 5.69 Å². The molecule has 21 heavy (non-hydrogen) atoms. The van der Waals surface area contributed by atoms with Crippen molar-refractivity contribution in [1.29, 1.82) is 5.26 Å². The van der Waals surface area contributed by atoms with Gasteiger partial charge in [-0.3, -0.25) is 0 Å². The topological polar surface area (TPSA) is 88.4 Å². The first kappa shape index (κ1) is 17.0. The molecule has 0 aromatic heterocycles. The molecule has 6 nitrogen and oxygen atoms in total. The van der Waals surface area contributed by atoms with Crippen LogP contribution in [0.2, 0.25) is 5.02 Å². The summed E-state index contributed by atoms with van der Waals surface area (Å²) in [7, 11) is 2.32. The molecule has 0 amide bonds. The van der Waals surface area contributed by atoms with E-state index in [0.29, 0.717) is 4.47 Å². The van der Waals surface area contributed by atoms with Crippen LogP contribution in [0, 0.1) is 11.3 Å². The zero-order valence-corrected chi connectivity index (χ0v) is 13.4. The van der Waals surface area contributed by atoms with Gasteiger partial charge in [0.05, 0.1) is 36.6 Å². The normalized spacial score (nSPS) is 10.5. The fourth-order valence-electron chi connectivity index (χ4n) is 1.36. The van der Waals surface area contributed by atoms with Crippen molar-refractivity contribution in [2.75, 3.05) is 19.5 Å². The van der Waals surface area contributed by atoms with E-state index in [-0.39, 0.29) is 22.0 Å². The van der Waals surface area contributed by atoms with Crippen molar-refractivity contribution >= 4 is 45.2 Å². The van der Waals surface area contributed by atoms with Crippen LogP contribution in [-0.4, -0.2) is 26.2 Å². The molecule has 1 rings (SSSR count). The van der Waals surface area contributed by atoms with Gasteiger partial charge in [0.2, 0.25) is 0 Å². The van der Waals surface area contributed by atoms with Crippen LogP contribution < -0.4 is 5.32 Å². The van der Waals surface area contributed by atoms with Crippen LogP contribution >= 0.6 is 27.5 Å². The van der Waals surface area contributed by atoms with Crippen LogP contribution in [0.5, 0.6) is 0 Å². The Balaban J connectivity index is 3.28. The van der Waals surface area contributed by atoms with E-state index in [1.807, 2.05) is 6.07 Å². The number of nitrogens with zero attached hydrogens (tertiary/aromatic N) is 1. The number of nitriles is 1. The van der Waals surface area contributed by atoms with E-state index in [4.69, 9.17) is 16.9 Å². The van der Waals surface area contributed by atoms with Gasteiger partial charge < -0.3 is 14.8 Å². The summed E-state index contributed by atoms with van der Waals surface area (Å²) < 4.78 is 9.61. The highest BCUT2D eigenvalue weighted by Crippen LogP contribution is 2.31. The Morgan fingerprint density at radius 2 is 2.05 bits per heavy atom. The molecule has 0 saturated heterocycles. The summed E-state index contributed by atoms with van der Waals surface area (Å²) in [6, 6.07) is 4.99. The molecule has 8 heteroatoms. The van der Waals surface area contributed by atoms with Crippen molar-refractivity contribution in [3.05, 3.63) is 39.0 Å². The lowest BCUT2D eigenvalue weighted by atomic mass is 10.2. The number of anilines is 1. The first-order valence-electron chi connectivity index (χ1n) is 5.47. The van der Waals surface area contributed by atoms with Crippen molar-refractivity contribution in [2.45, 2.75) is 0 Å². The number of hydrogen-bond donors (Lipinski definition) is 1. The second kappa shape index (κ2) is 7.67. The third-order valence-electron chi connectivity index (χ3n) is 2.30. The minimum atomic E-state index is -0.803. The molecule has 0 radical (unpaired) electrons. The summed E-state index contributed by atoms with van der Waals surface area (Å²) in [5, 5.41) is 11.9. The number of carbonyl (C=O) groups is 2. The molecule has 1 aromatic carbocycles. The highest BCUT2D eigenvalue weighted by atomic mass is 79.9. The molecule has 0 aliphatic carbocycles. The first-order chi connectivity index (χ1) is 9.92. The van der Waals surface area contributed by atoms with E-state index in [9.17, 15) is 9.59 Å². The lowest BCUT2D eigenvalue weighted by Gasteiger charge is -2.12. The standard InChI is InChI=1S/C13H10BrClN2O4/c1-20-11(18)5-10(13(19)21-2)17-12-7(6-16)3-8(14)4-9(12)15/h3-5,17H,1-2H3/b10-5+. The summed E-state index contributed by atoms with van der Waals surface area (Å²) in [6.45, 7) is 0. The van der Waals surface area contributed by atoms with Gasteiger partial charge in [-0.2, -0.15) is 5.26 Å². The average Bonchev–Trinajstić information content (AvgIpc) is 2.47. The van der Waals surface area contributed by atoms with Gasteiger partial charge in [-0.15, -0.1) is 0 Å². The largest absolute Gasteiger partial charge is 0.466 e. The van der Waals surface area contributed by atoms with Crippen molar-refractivity contribution in [3.8, 4) is 6.07 Å². The minimum Gasteiger partial charge on any atom is -0.466 e. The zero-order chi connectivity index (χ0) is 16.0. The summed E-state index contributed by atoms with van der Waals surface area (Å²) in [5.41, 5.74) is 0.169. The summed E-state index contributed by atoms with van der Waals surface area (Å²) in [6.07, 6.45) is 0.908.